The van der Waals surface area contributed by atoms with Crippen molar-refractivity contribution >= 4 is 11.9 Å². The van der Waals surface area contributed by atoms with Crippen LogP contribution < -0.4 is 5.32 Å². The van der Waals surface area contributed by atoms with E-state index in [0.717, 1.165) is 5.57 Å². The van der Waals surface area contributed by atoms with Crippen LogP contribution in [0.1, 0.15) is 34.1 Å². The largest absolute Gasteiger partial charge is 0.481 e. The average molecular weight is 227 g/mol. The van der Waals surface area contributed by atoms with Gasteiger partial charge in [0.25, 0.3) is 0 Å². The number of hydrogen-bond acceptors (Lipinski definition) is 2. The van der Waals surface area contributed by atoms with Gasteiger partial charge < -0.3 is 10.4 Å². The fourth-order valence-electron chi connectivity index (χ4n) is 1.17. The van der Waals surface area contributed by atoms with Crippen LogP contribution in [0.5, 0.6) is 0 Å². The lowest BCUT2D eigenvalue weighted by Crippen LogP contribution is -2.40. The molecule has 1 amide bonds. The number of carboxylic acids is 1. The Bertz CT molecular complexity index is 295. The molecule has 16 heavy (non-hydrogen) atoms. The van der Waals surface area contributed by atoms with Crippen LogP contribution in [0.25, 0.3) is 0 Å². The number of hydrogen-bond donors (Lipinski definition) is 2. The number of carbonyl (C=O) groups is 2. The third-order valence-electron chi connectivity index (χ3n) is 2.39. The molecule has 0 bridgehead atoms. The van der Waals surface area contributed by atoms with Gasteiger partial charge in [-0.1, -0.05) is 12.5 Å². The zero-order chi connectivity index (χ0) is 12.9. The molecule has 0 spiro atoms. The highest BCUT2D eigenvalue weighted by atomic mass is 16.4. The van der Waals surface area contributed by atoms with E-state index < -0.39 is 11.4 Å². The molecule has 4 nitrogen and oxygen atoms in total. The second kappa shape index (κ2) is 5.68. The van der Waals surface area contributed by atoms with Gasteiger partial charge in [-0.15, -0.1) is 6.58 Å². The summed E-state index contributed by atoms with van der Waals surface area (Å²) < 4.78 is 0. The van der Waals surface area contributed by atoms with Gasteiger partial charge in [-0.05, 0) is 27.2 Å². The molecule has 92 valence electrons. The lowest BCUT2D eigenvalue weighted by Gasteiger charge is -2.21. The molecule has 0 radical (unpaired) electrons. The van der Waals surface area contributed by atoms with E-state index in [1.807, 2.05) is 6.92 Å². The van der Waals surface area contributed by atoms with E-state index >= 15 is 0 Å². The normalized spacial score (nSPS) is 13.0. The number of allylic oxidation sites excluding steroid dienone is 1. The Balaban J connectivity index is 4.17. The third kappa shape index (κ3) is 4.96. The van der Waals surface area contributed by atoms with Gasteiger partial charge in [-0.25, -0.2) is 0 Å². The van der Waals surface area contributed by atoms with Gasteiger partial charge >= 0.3 is 5.97 Å². The van der Waals surface area contributed by atoms with E-state index in [9.17, 15) is 9.59 Å². The van der Waals surface area contributed by atoms with Gasteiger partial charge in [-0.3, -0.25) is 9.59 Å². The van der Waals surface area contributed by atoms with E-state index in [-0.39, 0.29) is 18.4 Å². The van der Waals surface area contributed by atoms with Crippen LogP contribution in [0.4, 0.5) is 0 Å². The summed E-state index contributed by atoms with van der Waals surface area (Å²) >= 11 is 0. The summed E-state index contributed by atoms with van der Waals surface area (Å²) in [6.45, 7) is 10.7. The van der Waals surface area contributed by atoms with Gasteiger partial charge in [0, 0.05) is 12.5 Å². The number of carboxylic acid groups (broad SMARTS) is 1. The molecule has 0 aliphatic rings. The molecule has 2 N–H and O–H groups in total. The topological polar surface area (TPSA) is 66.4 Å². The highest BCUT2D eigenvalue weighted by molar-refractivity contribution is 5.80. The van der Waals surface area contributed by atoms with Gasteiger partial charge in [0.05, 0.1) is 5.41 Å². The molecule has 4 heteroatoms. The van der Waals surface area contributed by atoms with Crippen molar-refractivity contribution in [3.8, 4) is 0 Å². The molecule has 1 atom stereocenters. The lowest BCUT2D eigenvalue weighted by molar-refractivity contribution is -0.146. The van der Waals surface area contributed by atoms with Crippen molar-refractivity contribution in [2.24, 2.45) is 11.3 Å². The predicted octanol–water partition coefficient (Wildman–Crippen LogP) is 1.82. The molecule has 0 aliphatic carbocycles. The van der Waals surface area contributed by atoms with Crippen LogP contribution in [-0.2, 0) is 9.59 Å². The SMILES string of the molecule is C=C(C)CC(C)C(=O)NCC(C)(C)C(=O)O. The number of carbonyl (C=O) groups excluding carboxylic acids is 1. The first kappa shape index (κ1) is 14.7. The summed E-state index contributed by atoms with van der Waals surface area (Å²) in [7, 11) is 0. The Morgan fingerprint density at radius 3 is 2.31 bits per heavy atom. The molecule has 0 aliphatic heterocycles. The monoisotopic (exact) mass is 227 g/mol. The fraction of sp³-hybridized carbons (Fsp3) is 0.667. The number of nitrogens with one attached hydrogen (secondary N) is 1. The minimum absolute atomic E-state index is 0.127. The van der Waals surface area contributed by atoms with E-state index in [4.69, 9.17) is 5.11 Å². The van der Waals surface area contributed by atoms with Crippen molar-refractivity contribution in [1.82, 2.24) is 5.32 Å². The van der Waals surface area contributed by atoms with E-state index in [2.05, 4.69) is 11.9 Å². The fourth-order valence-corrected chi connectivity index (χ4v) is 1.17. The predicted molar refractivity (Wildman–Crippen MR) is 63.0 cm³/mol. The Labute approximate surface area is 96.7 Å². The van der Waals surface area contributed by atoms with Crippen LogP contribution in [0, 0.1) is 11.3 Å². The first-order chi connectivity index (χ1) is 7.16. The summed E-state index contributed by atoms with van der Waals surface area (Å²) in [4.78, 5) is 22.4. The zero-order valence-corrected chi connectivity index (χ0v) is 10.5. The van der Waals surface area contributed by atoms with Crippen molar-refractivity contribution in [3.05, 3.63) is 12.2 Å². The Morgan fingerprint density at radius 1 is 1.44 bits per heavy atom. The molecule has 0 rings (SSSR count). The van der Waals surface area contributed by atoms with E-state index in [0.29, 0.717) is 6.42 Å². The second-order valence-corrected chi connectivity index (χ2v) is 4.97. The van der Waals surface area contributed by atoms with Crippen LogP contribution >= 0.6 is 0 Å². The maximum atomic E-state index is 11.6. The first-order valence-electron chi connectivity index (χ1n) is 5.32. The van der Waals surface area contributed by atoms with Crippen molar-refractivity contribution < 1.29 is 14.7 Å². The zero-order valence-electron chi connectivity index (χ0n) is 10.5. The highest BCUT2D eigenvalue weighted by Crippen LogP contribution is 2.14. The maximum absolute atomic E-state index is 11.6. The molecule has 0 saturated heterocycles. The third-order valence-corrected chi connectivity index (χ3v) is 2.39. The lowest BCUT2D eigenvalue weighted by atomic mass is 9.93. The Kier molecular flexibility index (Phi) is 5.21. The molecule has 1 unspecified atom stereocenters. The molecule has 0 aromatic heterocycles. The maximum Gasteiger partial charge on any atom is 0.310 e. The van der Waals surface area contributed by atoms with Crippen molar-refractivity contribution in [1.29, 1.82) is 0 Å². The van der Waals surface area contributed by atoms with Crippen molar-refractivity contribution in [2.45, 2.75) is 34.1 Å². The Hall–Kier alpha value is -1.32. The first-order valence-corrected chi connectivity index (χ1v) is 5.32. The summed E-state index contributed by atoms with van der Waals surface area (Å²) in [5.41, 5.74) is 0.0126. The molecule has 0 saturated carbocycles. The standard InChI is InChI=1S/C12H21NO3/c1-8(2)6-9(3)10(14)13-7-12(4,5)11(15)16/h9H,1,6-7H2,2-5H3,(H,13,14)(H,15,16). The van der Waals surface area contributed by atoms with Gasteiger partial charge in [0.1, 0.15) is 0 Å². The van der Waals surface area contributed by atoms with Gasteiger partial charge in [0.15, 0.2) is 0 Å². The van der Waals surface area contributed by atoms with Gasteiger partial charge in [-0.2, -0.15) is 0 Å². The summed E-state index contributed by atoms with van der Waals surface area (Å²) in [5, 5.41) is 11.5. The quantitative estimate of drug-likeness (QED) is 0.680. The molecule has 0 aromatic carbocycles. The van der Waals surface area contributed by atoms with E-state index in [1.54, 1.807) is 20.8 Å². The van der Waals surface area contributed by atoms with Crippen molar-refractivity contribution in [2.75, 3.05) is 6.54 Å². The summed E-state index contributed by atoms with van der Waals surface area (Å²) in [6.07, 6.45) is 0.624. The second-order valence-electron chi connectivity index (χ2n) is 4.97. The van der Waals surface area contributed by atoms with Crippen LogP contribution in [0.2, 0.25) is 0 Å². The number of rotatable bonds is 6. The Morgan fingerprint density at radius 2 is 1.94 bits per heavy atom. The summed E-state index contributed by atoms with van der Waals surface area (Å²) in [6, 6.07) is 0. The molecular formula is C12H21NO3. The number of aliphatic carboxylic acids is 1. The molecular weight excluding hydrogens is 206 g/mol. The minimum Gasteiger partial charge on any atom is -0.481 e. The number of amides is 1. The minimum atomic E-state index is -0.932. The van der Waals surface area contributed by atoms with Crippen LogP contribution in [0.15, 0.2) is 12.2 Å². The molecule has 0 heterocycles. The van der Waals surface area contributed by atoms with Crippen molar-refractivity contribution in [3.63, 3.8) is 0 Å². The van der Waals surface area contributed by atoms with E-state index in [1.165, 1.54) is 0 Å². The average Bonchev–Trinajstić information content (AvgIpc) is 2.12. The smallest absolute Gasteiger partial charge is 0.310 e. The van der Waals surface area contributed by atoms with Gasteiger partial charge in [0.2, 0.25) is 5.91 Å². The van der Waals surface area contributed by atoms with Crippen LogP contribution in [-0.4, -0.2) is 23.5 Å². The molecule has 0 aromatic rings. The van der Waals surface area contributed by atoms with Crippen LogP contribution in [0.3, 0.4) is 0 Å². The summed E-state index contributed by atoms with van der Waals surface area (Å²) in [5.74, 6) is -1.21. The molecule has 0 fully saturated rings. The highest BCUT2D eigenvalue weighted by Gasteiger charge is 2.28.